The Morgan fingerprint density at radius 3 is 0.806 bits per heavy atom. The van der Waals surface area contributed by atoms with Gasteiger partial charge in [0, 0.05) is 77.5 Å². The zero-order chi connectivity index (χ0) is 87.3. The number of phenols is 2. The van der Waals surface area contributed by atoms with Crippen molar-refractivity contribution in [2.75, 3.05) is 13.1 Å². The number of amides is 12. The molecule has 12 N–H and O–H groups in total. The molecule has 3 heterocycles. The quantitative estimate of drug-likeness (QED) is 0.0172. The summed E-state index contributed by atoms with van der Waals surface area (Å²) in [6.07, 6.45) is -1.46. The summed E-state index contributed by atoms with van der Waals surface area (Å²) < 4.78 is 0. The fraction of sp³-hybridized carbons (Fsp3) is 0.265. The standard InChI is InChI=1S/C98H100N12O14/c1-63(111)99-79(51-53-87(115)107-97(69-31-15-5-16-32-69,70-33-17-6-18-34-70)71-35-19-7-20-36-71)89(117)103-83(55-65-27-11-3-12-28-65)93(121)105-81(57-67-43-47-77(113)48-44-67)91(119)101-75-59-85-95(123)110-62-76(60-86(110)96(124)109(85)61-75)102-92(120)82(58-68-45-49-78(114)50-46-68)106-94(122)84(56-66-29-13-4-14-30-66)104-90(118)80(100-64(2)112)52-54-88(116)108-98(72-37-21-8-22-38-72,73-39-23-9-24-40-73)74-41-25-10-26-42-74/h3-50,75-76,79-86,113-114H,51-62H2,1-2H3,(H,99,111)(H,100,112)(H,101,119)(H,102,120)(H,103,117)(H,104,118)(H,105,121)(H,106,122)(H,107,115)(H,108,116)/t75-,76-,79-,80-,81+,82+,83-,84-,85-,86-/m0/s1. The summed E-state index contributed by atoms with van der Waals surface area (Å²) in [5.41, 5.74) is 4.49. The lowest BCUT2D eigenvalue weighted by Crippen LogP contribution is -2.60. The summed E-state index contributed by atoms with van der Waals surface area (Å²) in [5, 5.41) is 49.9. The molecule has 0 aliphatic carbocycles. The van der Waals surface area contributed by atoms with E-state index >= 15 is 9.59 Å². The van der Waals surface area contributed by atoms with Gasteiger partial charge in [-0.3, -0.25) is 57.5 Å². The van der Waals surface area contributed by atoms with E-state index in [-0.39, 0.29) is 88.8 Å². The number of phenolic OH excluding ortho intramolecular Hbond substituents is 2. The minimum absolute atomic E-state index is 0.0430. The van der Waals surface area contributed by atoms with Crippen LogP contribution in [0.3, 0.4) is 0 Å². The van der Waals surface area contributed by atoms with Crippen molar-refractivity contribution in [3.8, 4) is 11.5 Å². The van der Waals surface area contributed by atoms with E-state index in [0.717, 1.165) is 33.4 Å². The number of piperazine rings is 1. The van der Waals surface area contributed by atoms with Crippen LogP contribution in [0.1, 0.15) is 108 Å². The molecule has 13 rings (SSSR count). The van der Waals surface area contributed by atoms with Gasteiger partial charge in [0.1, 0.15) is 70.9 Å². The van der Waals surface area contributed by atoms with Crippen molar-refractivity contribution in [2.45, 2.75) is 150 Å². The molecule has 0 spiro atoms. The third-order valence-electron chi connectivity index (χ3n) is 22.9. The van der Waals surface area contributed by atoms with E-state index in [9.17, 15) is 58.2 Å². The van der Waals surface area contributed by atoms with Gasteiger partial charge in [0.25, 0.3) is 0 Å². The predicted molar refractivity (Wildman–Crippen MR) is 464 cm³/mol. The number of benzene rings is 10. The first-order valence-electron chi connectivity index (χ1n) is 41.6. The number of nitrogens with one attached hydrogen (secondary N) is 10. The highest BCUT2D eigenvalue weighted by atomic mass is 16.3. The summed E-state index contributed by atoms with van der Waals surface area (Å²) in [6, 6.07) is 74.4. The highest BCUT2D eigenvalue weighted by Gasteiger charge is 2.55. The van der Waals surface area contributed by atoms with E-state index < -0.39 is 142 Å². The van der Waals surface area contributed by atoms with Crippen LogP contribution in [0.5, 0.6) is 11.5 Å². The molecule has 3 saturated heterocycles. The number of rotatable bonds is 36. The van der Waals surface area contributed by atoms with Gasteiger partial charge >= 0.3 is 0 Å². The zero-order valence-electron chi connectivity index (χ0n) is 68.7. The molecule has 124 heavy (non-hydrogen) atoms. The van der Waals surface area contributed by atoms with Gasteiger partial charge in [0.05, 0.1) is 0 Å². The molecule has 12 amide bonds. The molecule has 26 heteroatoms. The van der Waals surface area contributed by atoms with Crippen LogP contribution in [-0.4, -0.2) is 164 Å². The van der Waals surface area contributed by atoms with Crippen LogP contribution in [0.4, 0.5) is 0 Å². The number of fused-ring (bicyclic) bond motifs is 2. The number of hydrogen-bond acceptors (Lipinski definition) is 14. The predicted octanol–water partition coefficient (Wildman–Crippen LogP) is 7.28. The lowest BCUT2D eigenvalue weighted by atomic mass is 9.77. The van der Waals surface area contributed by atoms with E-state index in [2.05, 4.69) is 53.2 Å². The lowest BCUT2D eigenvalue weighted by Gasteiger charge is -2.38. The molecule has 26 nitrogen and oxygen atoms in total. The molecule has 0 aromatic heterocycles. The summed E-state index contributed by atoms with van der Waals surface area (Å²) in [7, 11) is 0. The van der Waals surface area contributed by atoms with Crippen LogP contribution in [0, 0.1) is 0 Å². The molecule has 3 aliphatic heterocycles. The molecule has 10 aromatic carbocycles. The van der Waals surface area contributed by atoms with Crippen molar-refractivity contribution >= 4 is 70.9 Å². The summed E-state index contributed by atoms with van der Waals surface area (Å²) in [4.78, 5) is 177. The first kappa shape index (κ1) is 87.3. The largest absolute Gasteiger partial charge is 0.508 e. The average molecular weight is 1670 g/mol. The Labute approximate surface area is 718 Å². The maximum absolute atomic E-state index is 15.1. The first-order valence-corrected chi connectivity index (χ1v) is 41.6. The summed E-state index contributed by atoms with van der Waals surface area (Å²) >= 11 is 0. The van der Waals surface area contributed by atoms with Gasteiger partial charge in [-0.1, -0.05) is 267 Å². The van der Waals surface area contributed by atoms with Crippen LogP contribution in [0.2, 0.25) is 0 Å². The molecule has 10 atom stereocenters. The van der Waals surface area contributed by atoms with Gasteiger partial charge in [-0.25, -0.2) is 0 Å². The first-order chi connectivity index (χ1) is 60.0. The Morgan fingerprint density at radius 2 is 0.548 bits per heavy atom. The zero-order valence-corrected chi connectivity index (χ0v) is 68.7. The van der Waals surface area contributed by atoms with Gasteiger partial charge in [0.15, 0.2) is 0 Å². The molecule has 636 valence electrons. The minimum Gasteiger partial charge on any atom is -0.508 e. The Kier molecular flexibility index (Phi) is 28.6. The summed E-state index contributed by atoms with van der Waals surface area (Å²) in [5.74, 6) is -7.68. The molecular formula is C98H100N12O14. The maximum Gasteiger partial charge on any atom is 0.246 e. The van der Waals surface area contributed by atoms with Crippen molar-refractivity contribution in [1.82, 2.24) is 63.0 Å². The van der Waals surface area contributed by atoms with Crippen molar-refractivity contribution in [1.29, 1.82) is 0 Å². The van der Waals surface area contributed by atoms with E-state index in [4.69, 9.17) is 0 Å². The SMILES string of the molecule is CC(=O)N[C@@H](CCC(=O)NC(c1ccccc1)(c1ccccc1)c1ccccc1)C(=O)N[C@@H](Cc1ccccc1)C(=O)N[C@H](Cc1ccc(O)cc1)C(=O)N[C@H]1C[C@H]2C(=O)N3C[C@@H](NC(=O)[C@@H](Cc4ccc(O)cc4)NC(=O)[C@H](Cc4ccccc4)NC(=O)[C@H](CCC(=O)NC(c4ccccc4)(c4ccccc4)c4ccccc4)NC(C)=O)C[C@H]3C(=O)N2C1. The van der Waals surface area contributed by atoms with Crippen LogP contribution >= 0.6 is 0 Å². The van der Waals surface area contributed by atoms with E-state index in [1.165, 1.54) is 47.9 Å². The van der Waals surface area contributed by atoms with Crippen LogP contribution < -0.4 is 53.2 Å². The lowest BCUT2D eigenvalue weighted by molar-refractivity contribution is -0.156. The van der Waals surface area contributed by atoms with E-state index in [0.29, 0.717) is 22.3 Å². The second kappa shape index (κ2) is 40.7. The number of carbonyl (C=O) groups excluding carboxylic acids is 12. The van der Waals surface area contributed by atoms with Gasteiger partial charge in [0.2, 0.25) is 70.9 Å². The Bertz CT molecular complexity index is 4840. The topological polar surface area (TPSA) is 372 Å². The highest BCUT2D eigenvalue weighted by Crippen LogP contribution is 2.40. The molecule has 0 unspecified atom stereocenters. The van der Waals surface area contributed by atoms with Crippen LogP contribution in [0.15, 0.2) is 291 Å². The van der Waals surface area contributed by atoms with Gasteiger partial charge in [-0.05, 0) is 106 Å². The Hall–Kier alpha value is -14.6. The van der Waals surface area contributed by atoms with E-state index in [1.54, 1.807) is 84.9 Å². The summed E-state index contributed by atoms with van der Waals surface area (Å²) in [6.45, 7) is 2.22. The Balaban J connectivity index is 0.672. The van der Waals surface area contributed by atoms with Gasteiger partial charge in [-0.2, -0.15) is 0 Å². The molecule has 0 saturated carbocycles. The second-order valence-electron chi connectivity index (χ2n) is 31.6. The molecule has 10 aromatic rings. The molecule has 0 bridgehead atoms. The van der Waals surface area contributed by atoms with Crippen LogP contribution in [0.25, 0.3) is 0 Å². The molecule has 0 radical (unpaired) electrons. The van der Waals surface area contributed by atoms with Crippen molar-refractivity contribution < 1.29 is 67.7 Å². The number of carbonyl (C=O) groups is 12. The minimum atomic E-state index is -1.39. The molecule has 3 fully saturated rings. The Morgan fingerprint density at radius 1 is 0.315 bits per heavy atom. The van der Waals surface area contributed by atoms with Crippen LogP contribution in [-0.2, 0) is 94.3 Å². The third kappa shape index (κ3) is 21.6. The normalized spacial score (nSPS) is 16.8. The second-order valence-corrected chi connectivity index (χ2v) is 31.6. The smallest absolute Gasteiger partial charge is 0.246 e. The van der Waals surface area contributed by atoms with Gasteiger partial charge < -0.3 is 73.2 Å². The monoisotopic (exact) mass is 1670 g/mol. The maximum atomic E-state index is 15.1. The highest BCUT2D eigenvalue weighted by molar-refractivity contribution is 6.00. The molecule has 3 aliphatic rings. The fourth-order valence-electron chi connectivity index (χ4n) is 16.9. The number of aromatic hydroxyl groups is 2. The number of nitrogens with zero attached hydrogens (tertiary/aromatic N) is 2. The third-order valence-corrected chi connectivity index (χ3v) is 22.9. The van der Waals surface area contributed by atoms with Crippen molar-refractivity contribution in [3.63, 3.8) is 0 Å². The fourth-order valence-corrected chi connectivity index (χ4v) is 16.9. The average Bonchev–Trinajstić information content (AvgIpc) is 1.12. The van der Waals surface area contributed by atoms with Crippen molar-refractivity contribution in [3.05, 3.63) is 347 Å². The van der Waals surface area contributed by atoms with E-state index in [1.807, 2.05) is 182 Å². The van der Waals surface area contributed by atoms with Gasteiger partial charge in [-0.15, -0.1) is 0 Å². The van der Waals surface area contributed by atoms with Crippen molar-refractivity contribution in [2.24, 2.45) is 0 Å². The number of hydrogen-bond donors (Lipinski definition) is 12. The molecular weight excluding hydrogens is 1570 g/mol.